The summed E-state index contributed by atoms with van der Waals surface area (Å²) >= 11 is 4.20. The van der Waals surface area contributed by atoms with E-state index in [1.165, 1.54) is 32.4 Å². The maximum absolute atomic E-state index is 4.20. The first-order valence-corrected chi connectivity index (χ1v) is 5.19. The Morgan fingerprint density at radius 3 is 2.58 bits per heavy atom. The summed E-state index contributed by atoms with van der Waals surface area (Å²) in [7, 11) is 0. The fourth-order valence-corrected chi connectivity index (χ4v) is 1.51. The van der Waals surface area contributed by atoms with Crippen molar-refractivity contribution in [1.82, 2.24) is 4.90 Å². The van der Waals surface area contributed by atoms with E-state index in [9.17, 15) is 0 Å². The maximum Gasteiger partial charge on any atom is 0.0602 e. The second-order valence-corrected chi connectivity index (χ2v) is 4.11. The smallest absolute Gasteiger partial charge is 0.0602 e. The Morgan fingerprint density at radius 2 is 2.00 bits per heavy atom. The van der Waals surface area contributed by atoms with Gasteiger partial charge in [0.1, 0.15) is 0 Å². The van der Waals surface area contributed by atoms with E-state index >= 15 is 0 Å². The zero-order valence-electron chi connectivity index (χ0n) is 7.71. The van der Waals surface area contributed by atoms with Crippen molar-refractivity contribution in [2.24, 2.45) is 0 Å². The molecule has 68 valence electrons. The normalized spacial score (nSPS) is 21.2. The Balaban J connectivity index is 2.18. The SMILES string of the molecule is CC(S)C#CCN1CCCCC1. The van der Waals surface area contributed by atoms with Gasteiger partial charge in [0.05, 0.1) is 11.8 Å². The van der Waals surface area contributed by atoms with Crippen LogP contribution in [-0.4, -0.2) is 29.8 Å². The number of thiol groups is 1. The van der Waals surface area contributed by atoms with Crippen molar-refractivity contribution < 1.29 is 0 Å². The van der Waals surface area contributed by atoms with Crippen molar-refractivity contribution in [3.05, 3.63) is 0 Å². The number of piperidine rings is 1. The van der Waals surface area contributed by atoms with Gasteiger partial charge in [-0.05, 0) is 32.9 Å². The van der Waals surface area contributed by atoms with Crippen molar-refractivity contribution in [2.45, 2.75) is 31.4 Å². The van der Waals surface area contributed by atoms with Crippen LogP contribution < -0.4 is 0 Å². The maximum atomic E-state index is 4.20. The number of hydrogen-bond donors (Lipinski definition) is 1. The van der Waals surface area contributed by atoms with Gasteiger partial charge >= 0.3 is 0 Å². The van der Waals surface area contributed by atoms with E-state index in [1.54, 1.807) is 0 Å². The van der Waals surface area contributed by atoms with Crippen LogP contribution in [0.25, 0.3) is 0 Å². The third kappa shape index (κ3) is 4.04. The predicted octanol–water partition coefficient (Wildman–Crippen LogP) is 1.79. The summed E-state index contributed by atoms with van der Waals surface area (Å²) < 4.78 is 0. The lowest BCUT2D eigenvalue weighted by Gasteiger charge is -2.23. The summed E-state index contributed by atoms with van der Waals surface area (Å²) in [6.45, 7) is 5.41. The predicted molar refractivity (Wildman–Crippen MR) is 56.5 cm³/mol. The molecule has 1 nitrogen and oxygen atoms in total. The van der Waals surface area contributed by atoms with Crippen molar-refractivity contribution in [3.63, 3.8) is 0 Å². The molecular formula is C10H17NS. The molecule has 0 aromatic rings. The minimum absolute atomic E-state index is 0.217. The van der Waals surface area contributed by atoms with Crippen LogP contribution in [0.5, 0.6) is 0 Å². The fourth-order valence-electron chi connectivity index (χ4n) is 1.42. The summed E-state index contributed by atoms with van der Waals surface area (Å²) in [5, 5.41) is 0.217. The first kappa shape index (κ1) is 9.95. The van der Waals surface area contributed by atoms with Gasteiger partial charge in [-0.25, -0.2) is 0 Å². The highest BCUT2D eigenvalue weighted by Gasteiger charge is 2.07. The molecule has 0 spiro atoms. The first-order valence-electron chi connectivity index (χ1n) is 4.68. The molecule has 1 unspecified atom stereocenters. The molecule has 0 N–H and O–H groups in total. The first-order chi connectivity index (χ1) is 5.79. The third-order valence-corrected chi connectivity index (χ3v) is 2.19. The number of likely N-dealkylation sites (tertiary alicyclic amines) is 1. The average Bonchev–Trinajstić information content (AvgIpc) is 2.05. The molecule has 1 aliphatic rings. The summed E-state index contributed by atoms with van der Waals surface area (Å²) in [5.74, 6) is 6.22. The van der Waals surface area contributed by atoms with Crippen LogP contribution in [-0.2, 0) is 0 Å². The molecule has 1 rings (SSSR count). The van der Waals surface area contributed by atoms with E-state index in [2.05, 4.69) is 29.4 Å². The van der Waals surface area contributed by atoms with Crippen LogP contribution in [0.2, 0.25) is 0 Å². The Labute approximate surface area is 80.9 Å². The summed E-state index contributed by atoms with van der Waals surface area (Å²) in [6.07, 6.45) is 4.09. The van der Waals surface area contributed by atoms with Gasteiger partial charge in [-0.15, -0.1) is 0 Å². The molecule has 1 saturated heterocycles. The number of rotatable bonds is 1. The van der Waals surface area contributed by atoms with Gasteiger partial charge in [-0.2, -0.15) is 12.6 Å². The minimum atomic E-state index is 0.217. The van der Waals surface area contributed by atoms with Gasteiger partial charge < -0.3 is 0 Å². The Kier molecular flexibility index (Phi) is 4.57. The molecule has 0 aromatic heterocycles. The van der Waals surface area contributed by atoms with Crippen LogP contribution >= 0.6 is 12.6 Å². The summed E-state index contributed by atoms with van der Waals surface area (Å²) in [6, 6.07) is 0. The van der Waals surface area contributed by atoms with Gasteiger partial charge in [-0.3, -0.25) is 4.90 Å². The van der Waals surface area contributed by atoms with Gasteiger partial charge in [0.15, 0.2) is 0 Å². The van der Waals surface area contributed by atoms with E-state index < -0.39 is 0 Å². The van der Waals surface area contributed by atoms with Crippen molar-refractivity contribution in [2.75, 3.05) is 19.6 Å². The standard InChI is InChI=1S/C10H17NS/c1-10(12)6-5-9-11-7-3-2-4-8-11/h10,12H,2-4,7-9H2,1H3. The highest BCUT2D eigenvalue weighted by molar-refractivity contribution is 7.81. The van der Waals surface area contributed by atoms with Gasteiger partial charge in [0.25, 0.3) is 0 Å². The Bertz CT molecular complexity index is 172. The van der Waals surface area contributed by atoms with Crippen molar-refractivity contribution in [3.8, 4) is 11.8 Å². The molecule has 12 heavy (non-hydrogen) atoms. The van der Waals surface area contributed by atoms with Crippen LogP contribution in [0.4, 0.5) is 0 Å². The minimum Gasteiger partial charge on any atom is -0.292 e. The largest absolute Gasteiger partial charge is 0.292 e. The van der Waals surface area contributed by atoms with Gasteiger partial charge in [0.2, 0.25) is 0 Å². The lowest BCUT2D eigenvalue weighted by atomic mass is 10.1. The van der Waals surface area contributed by atoms with E-state index in [4.69, 9.17) is 0 Å². The van der Waals surface area contributed by atoms with E-state index in [-0.39, 0.29) is 5.25 Å². The van der Waals surface area contributed by atoms with Crippen LogP contribution in [0.3, 0.4) is 0 Å². The quantitative estimate of drug-likeness (QED) is 0.479. The fraction of sp³-hybridized carbons (Fsp3) is 0.800. The van der Waals surface area contributed by atoms with Crippen LogP contribution in [0.15, 0.2) is 0 Å². The lowest BCUT2D eigenvalue weighted by molar-refractivity contribution is 0.255. The van der Waals surface area contributed by atoms with Crippen molar-refractivity contribution >= 4 is 12.6 Å². The van der Waals surface area contributed by atoms with Crippen molar-refractivity contribution in [1.29, 1.82) is 0 Å². The highest BCUT2D eigenvalue weighted by atomic mass is 32.1. The zero-order valence-corrected chi connectivity index (χ0v) is 8.61. The van der Waals surface area contributed by atoms with Crippen LogP contribution in [0, 0.1) is 11.8 Å². The molecule has 0 aliphatic carbocycles. The van der Waals surface area contributed by atoms with E-state index in [0.29, 0.717) is 0 Å². The summed E-state index contributed by atoms with van der Waals surface area (Å²) in [4.78, 5) is 2.42. The molecule has 1 fully saturated rings. The molecule has 0 amide bonds. The molecule has 0 radical (unpaired) electrons. The van der Waals surface area contributed by atoms with E-state index in [0.717, 1.165) is 6.54 Å². The molecular weight excluding hydrogens is 166 g/mol. The zero-order chi connectivity index (χ0) is 8.81. The Hall–Kier alpha value is -0.130. The molecule has 1 atom stereocenters. The molecule has 0 bridgehead atoms. The number of nitrogens with zero attached hydrogens (tertiary/aromatic N) is 1. The monoisotopic (exact) mass is 183 g/mol. The molecule has 1 heterocycles. The third-order valence-electron chi connectivity index (χ3n) is 2.06. The highest BCUT2D eigenvalue weighted by Crippen LogP contribution is 2.07. The molecule has 0 aromatic carbocycles. The second-order valence-electron chi connectivity index (χ2n) is 3.33. The molecule has 2 heteroatoms. The van der Waals surface area contributed by atoms with Gasteiger partial charge in [0, 0.05) is 0 Å². The second kappa shape index (κ2) is 5.50. The number of hydrogen-bond acceptors (Lipinski definition) is 2. The molecule has 0 saturated carbocycles. The lowest BCUT2D eigenvalue weighted by Crippen LogP contribution is -2.29. The summed E-state index contributed by atoms with van der Waals surface area (Å²) in [5.41, 5.74) is 0. The topological polar surface area (TPSA) is 3.24 Å². The average molecular weight is 183 g/mol. The van der Waals surface area contributed by atoms with Gasteiger partial charge in [-0.1, -0.05) is 18.3 Å². The Morgan fingerprint density at radius 1 is 1.33 bits per heavy atom. The molecule has 1 aliphatic heterocycles. The van der Waals surface area contributed by atoms with E-state index in [1.807, 2.05) is 6.92 Å². The van der Waals surface area contributed by atoms with Crippen LogP contribution in [0.1, 0.15) is 26.2 Å².